The Labute approximate surface area is 299 Å². The fourth-order valence-electron chi connectivity index (χ4n) is 7.39. The molecule has 0 N–H and O–H groups in total. The van der Waals surface area contributed by atoms with E-state index in [0.29, 0.717) is 17.5 Å². The first-order valence-electron chi connectivity index (χ1n) is 17.1. The molecule has 0 aliphatic carbocycles. The first-order chi connectivity index (χ1) is 25.3. The molecule has 0 saturated carbocycles. The Morgan fingerprint density at radius 3 is 1.61 bits per heavy atom. The molecular formula is C47H29N3S. The van der Waals surface area contributed by atoms with Gasteiger partial charge in [0.1, 0.15) is 0 Å². The molecule has 2 aromatic heterocycles. The third-order valence-corrected chi connectivity index (χ3v) is 11.0. The van der Waals surface area contributed by atoms with Crippen LogP contribution >= 0.6 is 11.3 Å². The van der Waals surface area contributed by atoms with Gasteiger partial charge in [0.05, 0.1) is 0 Å². The minimum absolute atomic E-state index is 0.649. The molecule has 0 aliphatic rings. The Bertz CT molecular complexity index is 2910. The van der Waals surface area contributed by atoms with Gasteiger partial charge in [-0.15, -0.1) is 11.3 Å². The maximum atomic E-state index is 5.39. The van der Waals surface area contributed by atoms with Gasteiger partial charge in [-0.3, -0.25) is 0 Å². The standard InChI is InChI=1S/C47H29N3S/c1-3-14-30(15-4-1)33-28-29-40(37-21-10-9-20-36(33)37)45-48-46(41-24-13-23-39-38-22-11-12-25-42(38)51-44(39)41)50-47(49-45)43-34-19-8-7-18-32(34)26-27-35(43)31-16-5-2-6-17-31/h1-29H. The van der Waals surface area contributed by atoms with Gasteiger partial charge in [0.2, 0.25) is 0 Å². The van der Waals surface area contributed by atoms with Crippen LogP contribution in [-0.2, 0) is 0 Å². The molecule has 8 aromatic carbocycles. The molecule has 0 fully saturated rings. The number of rotatable bonds is 5. The maximum Gasteiger partial charge on any atom is 0.165 e. The van der Waals surface area contributed by atoms with Crippen molar-refractivity contribution in [3.63, 3.8) is 0 Å². The molecule has 4 heteroatoms. The smallest absolute Gasteiger partial charge is 0.165 e. The van der Waals surface area contributed by atoms with Crippen molar-refractivity contribution in [3.05, 3.63) is 176 Å². The van der Waals surface area contributed by atoms with E-state index in [1.807, 2.05) is 0 Å². The fourth-order valence-corrected chi connectivity index (χ4v) is 8.60. The topological polar surface area (TPSA) is 38.7 Å². The van der Waals surface area contributed by atoms with E-state index >= 15 is 0 Å². The second-order valence-corrected chi connectivity index (χ2v) is 13.8. The lowest BCUT2D eigenvalue weighted by molar-refractivity contribution is 1.08. The average Bonchev–Trinajstić information content (AvgIpc) is 3.59. The highest BCUT2D eigenvalue weighted by Gasteiger charge is 2.21. The lowest BCUT2D eigenvalue weighted by atomic mass is 9.93. The summed E-state index contributed by atoms with van der Waals surface area (Å²) in [6.07, 6.45) is 0. The second kappa shape index (κ2) is 12.1. The van der Waals surface area contributed by atoms with Gasteiger partial charge < -0.3 is 0 Å². The normalized spacial score (nSPS) is 11.5. The highest BCUT2D eigenvalue weighted by Crippen LogP contribution is 2.42. The van der Waals surface area contributed by atoms with Crippen molar-refractivity contribution in [3.8, 4) is 56.4 Å². The zero-order valence-corrected chi connectivity index (χ0v) is 28.3. The summed E-state index contributed by atoms with van der Waals surface area (Å²) < 4.78 is 2.42. The Morgan fingerprint density at radius 1 is 0.314 bits per heavy atom. The number of hydrogen-bond acceptors (Lipinski definition) is 4. The predicted molar refractivity (Wildman–Crippen MR) is 215 cm³/mol. The average molecular weight is 668 g/mol. The molecule has 0 saturated heterocycles. The van der Waals surface area contributed by atoms with Crippen LogP contribution in [0.3, 0.4) is 0 Å². The van der Waals surface area contributed by atoms with Crippen LogP contribution in [0.15, 0.2) is 176 Å². The van der Waals surface area contributed by atoms with Crippen LogP contribution in [0.25, 0.3) is 98.1 Å². The van der Waals surface area contributed by atoms with Crippen LogP contribution in [0, 0.1) is 0 Å². The molecule has 3 nitrogen and oxygen atoms in total. The number of thiophene rings is 1. The van der Waals surface area contributed by atoms with Crippen molar-refractivity contribution < 1.29 is 0 Å². The van der Waals surface area contributed by atoms with Gasteiger partial charge in [-0.05, 0) is 62.0 Å². The van der Waals surface area contributed by atoms with Crippen LogP contribution in [0.4, 0.5) is 0 Å². The van der Waals surface area contributed by atoms with Crippen LogP contribution in [0.1, 0.15) is 0 Å². The third-order valence-electron chi connectivity index (χ3n) is 9.77. The van der Waals surface area contributed by atoms with Gasteiger partial charge in [0.15, 0.2) is 17.5 Å². The van der Waals surface area contributed by atoms with Gasteiger partial charge in [-0.1, -0.05) is 158 Å². The molecule has 0 atom stereocenters. The summed E-state index contributed by atoms with van der Waals surface area (Å²) in [5.41, 5.74) is 7.54. The van der Waals surface area contributed by atoms with Crippen molar-refractivity contribution in [2.24, 2.45) is 0 Å². The van der Waals surface area contributed by atoms with Crippen molar-refractivity contribution in [1.82, 2.24) is 15.0 Å². The lowest BCUT2D eigenvalue weighted by Gasteiger charge is -2.16. The van der Waals surface area contributed by atoms with Gasteiger partial charge in [0.25, 0.3) is 0 Å². The molecule has 0 spiro atoms. The summed E-state index contributed by atoms with van der Waals surface area (Å²) in [4.78, 5) is 16.1. The van der Waals surface area contributed by atoms with Crippen LogP contribution in [-0.4, -0.2) is 15.0 Å². The number of aromatic nitrogens is 3. The molecular weight excluding hydrogens is 639 g/mol. The van der Waals surface area contributed by atoms with Crippen molar-refractivity contribution >= 4 is 53.1 Å². The van der Waals surface area contributed by atoms with Crippen LogP contribution in [0.5, 0.6) is 0 Å². The van der Waals surface area contributed by atoms with E-state index in [0.717, 1.165) is 49.4 Å². The molecule has 2 heterocycles. The summed E-state index contributed by atoms with van der Waals surface area (Å²) in [5, 5.41) is 6.96. The van der Waals surface area contributed by atoms with E-state index in [4.69, 9.17) is 15.0 Å². The van der Waals surface area contributed by atoms with Crippen molar-refractivity contribution in [2.45, 2.75) is 0 Å². The van der Waals surface area contributed by atoms with Crippen LogP contribution in [0.2, 0.25) is 0 Å². The van der Waals surface area contributed by atoms with E-state index < -0.39 is 0 Å². The van der Waals surface area contributed by atoms with E-state index in [1.165, 1.54) is 31.3 Å². The lowest BCUT2D eigenvalue weighted by Crippen LogP contribution is -2.02. The molecule has 0 radical (unpaired) electrons. The summed E-state index contributed by atoms with van der Waals surface area (Å²) in [6.45, 7) is 0. The minimum atomic E-state index is 0.649. The zero-order chi connectivity index (χ0) is 33.7. The highest BCUT2D eigenvalue weighted by molar-refractivity contribution is 7.26. The second-order valence-electron chi connectivity index (χ2n) is 12.7. The van der Waals surface area contributed by atoms with Gasteiger partial charge >= 0.3 is 0 Å². The molecule has 0 unspecified atom stereocenters. The van der Waals surface area contributed by atoms with E-state index in [-0.39, 0.29) is 0 Å². The first kappa shape index (κ1) is 29.4. The molecule has 10 aromatic rings. The number of nitrogens with zero attached hydrogens (tertiary/aromatic N) is 3. The Morgan fingerprint density at radius 2 is 0.843 bits per heavy atom. The molecule has 0 bridgehead atoms. The Hall–Kier alpha value is -6.49. The summed E-state index contributed by atoms with van der Waals surface area (Å²) >= 11 is 1.79. The van der Waals surface area contributed by atoms with Gasteiger partial charge in [-0.2, -0.15) is 0 Å². The predicted octanol–water partition coefficient (Wildman–Crippen LogP) is 12.9. The third kappa shape index (κ3) is 5.00. The largest absolute Gasteiger partial charge is 0.208 e. The van der Waals surface area contributed by atoms with Gasteiger partial charge in [-0.25, -0.2) is 15.0 Å². The van der Waals surface area contributed by atoms with Gasteiger partial charge in [0, 0.05) is 36.9 Å². The number of fused-ring (bicyclic) bond motifs is 5. The molecule has 238 valence electrons. The SMILES string of the molecule is c1ccc(-c2ccc3ccccc3c2-c2nc(-c3ccc(-c4ccccc4)c4ccccc34)nc(-c3cccc4c3sc3ccccc34)n2)cc1. The summed E-state index contributed by atoms with van der Waals surface area (Å²) in [6, 6.07) is 62.0. The maximum absolute atomic E-state index is 5.39. The summed E-state index contributed by atoms with van der Waals surface area (Å²) in [7, 11) is 0. The highest BCUT2D eigenvalue weighted by atomic mass is 32.1. The molecule has 0 aliphatic heterocycles. The molecule has 51 heavy (non-hydrogen) atoms. The van der Waals surface area contributed by atoms with E-state index in [9.17, 15) is 0 Å². The van der Waals surface area contributed by atoms with Crippen molar-refractivity contribution in [2.75, 3.05) is 0 Å². The minimum Gasteiger partial charge on any atom is -0.208 e. The van der Waals surface area contributed by atoms with E-state index in [1.54, 1.807) is 11.3 Å². The monoisotopic (exact) mass is 667 g/mol. The number of hydrogen-bond donors (Lipinski definition) is 0. The fraction of sp³-hybridized carbons (Fsp3) is 0. The summed E-state index contributed by atoms with van der Waals surface area (Å²) in [5.74, 6) is 1.96. The van der Waals surface area contributed by atoms with Crippen LogP contribution < -0.4 is 0 Å². The Balaban J connectivity index is 1.30. The zero-order valence-electron chi connectivity index (χ0n) is 27.5. The number of benzene rings is 8. The first-order valence-corrected chi connectivity index (χ1v) is 17.9. The van der Waals surface area contributed by atoms with Crippen molar-refractivity contribution in [1.29, 1.82) is 0 Å². The molecule has 10 rings (SSSR count). The quantitative estimate of drug-likeness (QED) is 0.183. The Kier molecular flexibility index (Phi) is 7.00. The van der Waals surface area contributed by atoms with E-state index in [2.05, 4.69) is 176 Å². The molecule has 0 amide bonds.